The molecular formula is C15H27NO2. The summed E-state index contributed by atoms with van der Waals surface area (Å²) in [5, 5.41) is 0. The number of rotatable bonds is 3. The van der Waals surface area contributed by atoms with Gasteiger partial charge in [0.15, 0.2) is 0 Å². The van der Waals surface area contributed by atoms with Gasteiger partial charge >= 0.3 is 5.97 Å². The van der Waals surface area contributed by atoms with Gasteiger partial charge in [-0.25, -0.2) is 0 Å². The van der Waals surface area contributed by atoms with Crippen molar-refractivity contribution in [3.05, 3.63) is 0 Å². The quantitative estimate of drug-likeness (QED) is 0.724. The smallest absolute Gasteiger partial charge is 0.326 e. The Kier molecular flexibility index (Phi) is 4.66. The lowest BCUT2D eigenvalue weighted by atomic mass is 9.74. The molecule has 0 N–H and O–H groups in total. The first-order valence-corrected chi connectivity index (χ1v) is 7.61. The van der Waals surface area contributed by atoms with E-state index in [0.29, 0.717) is 12.5 Å². The summed E-state index contributed by atoms with van der Waals surface area (Å²) >= 11 is 0. The third kappa shape index (κ3) is 2.71. The summed E-state index contributed by atoms with van der Waals surface area (Å²) in [6.07, 6.45) is 8.18. The van der Waals surface area contributed by atoms with E-state index in [1.807, 2.05) is 6.92 Å². The van der Waals surface area contributed by atoms with Gasteiger partial charge in [0.1, 0.15) is 5.54 Å². The van der Waals surface area contributed by atoms with Crippen molar-refractivity contribution in [2.75, 3.05) is 19.7 Å². The number of carbonyl (C=O) groups is 1. The summed E-state index contributed by atoms with van der Waals surface area (Å²) in [7, 11) is 0. The summed E-state index contributed by atoms with van der Waals surface area (Å²) in [6, 6.07) is 0. The van der Waals surface area contributed by atoms with E-state index in [2.05, 4.69) is 11.8 Å². The summed E-state index contributed by atoms with van der Waals surface area (Å²) in [5.41, 5.74) is -0.298. The molecule has 0 aromatic rings. The molecule has 2 atom stereocenters. The van der Waals surface area contributed by atoms with Crippen LogP contribution in [0.5, 0.6) is 0 Å². The monoisotopic (exact) mass is 253 g/mol. The van der Waals surface area contributed by atoms with Gasteiger partial charge < -0.3 is 4.74 Å². The number of carbonyl (C=O) groups excluding carboxylic acids is 1. The number of hydrogen-bond acceptors (Lipinski definition) is 3. The molecule has 2 fully saturated rings. The zero-order valence-electron chi connectivity index (χ0n) is 11.9. The Balaban J connectivity index is 2.17. The van der Waals surface area contributed by atoms with Crippen LogP contribution in [0.4, 0.5) is 0 Å². The maximum absolute atomic E-state index is 12.5. The van der Waals surface area contributed by atoms with E-state index in [1.54, 1.807) is 0 Å². The molecule has 2 rings (SSSR count). The highest BCUT2D eigenvalue weighted by atomic mass is 16.5. The predicted octanol–water partition coefficient (Wildman–Crippen LogP) is 2.98. The molecule has 2 aliphatic rings. The molecular weight excluding hydrogens is 226 g/mol. The number of likely N-dealkylation sites (tertiary alicyclic amines) is 1. The van der Waals surface area contributed by atoms with Crippen molar-refractivity contribution in [2.24, 2.45) is 5.92 Å². The zero-order valence-corrected chi connectivity index (χ0v) is 11.9. The minimum Gasteiger partial charge on any atom is -0.465 e. The fraction of sp³-hybridized carbons (Fsp3) is 0.933. The lowest BCUT2D eigenvalue weighted by Gasteiger charge is -2.47. The normalized spacial score (nSPS) is 34.2. The van der Waals surface area contributed by atoms with Gasteiger partial charge in [-0.3, -0.25) is 9.69 Å². The summed E-state index contributed by atoms with van der Waals surface area (Å²) in [6.45, 7) is 6.84. The van der Waals surface area contributed by atoms with Crippen molar-refractivity contribution in [1.29, 1.82) is 0 Å². The summed E-state index contributed by atoms with van der Waals surface area (Å²) in [4.78, 5) is 14.9. The second-order valence-corrected chi connectivity index (χ2v) is 6.00. The van der Waals surface area contributed by atoms with Crippen LogP contribution in [0.25, 0.3) is 0 Å². The summed E-state index contributed by atoms with van der Waals surface area (Å²) < 4.78 is 5.41. The number of hydrogen-bond donors (Lipinski definition) is 0. The highest BCUT2D eigenvalue weighted by Gasteiger charge is 2.47. The van der Waals surface area contributed by atoms with Crippen molar-refractivity contribution in [1.82, 2.24) is 4.90 Å². The largest absolute Gasteiger partial charge is 0.465 e. The Morgan fingerprint density at radius 2 is 2.00 bits per heavy atom. The van der Waals surface area contributed by atoms with Crippen LogP contribution in [-0.4, -0.2) is 36.1 Å². The third-order valence-electron chi connectivity index (χ3n) is 4.59. The maximum Gasteiger partial charge on any atom is 0.326 e. The van der Waals surface area contributed by atoms with Crippen molar-refractivity contribution in [3.63, 3.8) is 0 Å². The molecule has 1 heterocycles. The molecule has 0 amide bonds. The van der Waals surface area contributed by atoms with Crippen LogP contribution in [0.15, 0.2) is 0 Å². The number of ether oxygens (including phenoxy) is 1. The van der Waals surface area contributed by atoms with Crippen molar-refractivity contribution >= 4 is 5.97 Å². The molecule has 1 aliphatic carbocycles. The fourth-order valence-corrected chi connectivity index (χ4v) is 3.71. The molecule has 3 heteroatoms. The Morgan fingerprint density at radius 1 is 1.28 bits per heavy atom. The van der Waals surface area contributed by atoms with Crippen LogP contribution in [0, 0.1) is 5.92 Å². The molecule has 0 aromatic carbocycles. The second kappa shape index (κ2) is 6.05. The van der Waals surface area contributed by atoms with Crippen LogP contribution < -0.4 is 0 Å². The molecule has 0 unspecified atom stereocenters. The number of nitrogens with zero attached hydrogens (tertiary/aromatic N) is 1. The van der Waals surface area contributed by atoms with E-state index < -0.39 is 0 Å². The van der Waals surface area contributed by atoms with E-state index in [1.165, 1.54) is 25.7 Å². The lowest BCUT2D eigenvalue weighted by Crippen LogP contribution is -2.59. The van der Waals surface area contributed by atoms with E-state index in [4.69, 9.17) is 4.74 Å². The maximum atomic E-state index is 12.5. The van der Waals surface area contributed by atoms with Gasteiger partial charge in [0, 0.05) is 0 Å². The van der Waals surface area contributed by atoms with Gasteiger partial charge in [-0.1, -0.05) is 26.2 Å². The predicted molar refractivity (Wildman–Crippen MR) is 72.4 cm³/mol. The standard InChI is InChI=1S/C15H27NO2/c1-3-18-14(17)15(9-7-8-13(2)12-15)16-10-5-4-6-11-16/h13H,3-12H2,1-2H3/t13-,15-/m0/s1. The first-order chi connectivity index (χ1) is 8.69. The molecule has 18 heavy (non-hydrogen) atoms. The van der Waals surface area contributed by atoms with E-state index >= 15 is 0 Å². The fourth-order valence-electron chi connectivity index (χ4n) is 3.71. The average molecular weight is 253 g/mol. The topological polar surface area (TPSA) is 29.5 Å². The van der Waals surface area contributed by atoms with Crippen molar-refractivity contribution < 1.29 is 9.53 Å². The molecule has 1 saturated carbocycles. The van der Waals surface area contributed by atoms with Crippen LogP contribution in [-0.2, 0) is 9.53 Å². The molecule has 0 aromatic heterocycles. The van der Waals surface area contributed by atoms with E-state index in [9.17, 15) is 4.79 Å². The Labute approximate surface area is 111 Å². The Morgan fingerprint density at radius 3 is 2.61 bits per heavy atom. The first kappa shape index (κ1) is 13.9. The minimum atomic E-state index is -0.298. The van der Waals surface area contributed by atoms with Crippen LogP contribution >= 0.6 is 0 Å². The molecule has 0 radical (unpaired) electrons. The van der Waals surface area contributed by atoms with Crippen LogP contribution in [0.1, 0.15) is 58.8 Å². The first-order valence-electron chi connectivity index (χ1n) is 7.61. The van der Waals surface area contributed by atoms with Crippen LogP contribution in [0.3, 0.4) is 0 Å². The van der Waals surface area contributed by atoms with Crippen molar-refractivity contribution in [2.45, 2.75) is 64.3 Å². The van der Waals surface area contributed by atoms with E-state index in [0.717, 1.165) is 32.4 Å². The van der Waals surface area contributed by atoms with E-state index in [-0.39, 0.29) is 11.5 Å². The van der Waals surface area contributed by atoms with Gasteiger partial charge in [0.2, 0.25) is 0 Å². The highest BCUT2D eigenvalue weighted by Crippen LogP contribution is 2.39. The molecule has 0 spiro atoms. The van der Waals surface area contributed by atoms with Crippen LogP contribution in [0.2, 0.25) is 0 Å². The Hall–Kier alpha value is -0.570. The number of piperidine rings is 1. The lowest BCUT2D eigenvalue weighted by molar-refractivity contribution is -0.163. The third-order valence-corrected chi connectivity index (χ3v) is 4.59. The Bertz CT molecular complexity index is 286. The van der Waals surface area contributed by atoms with Gasteiger partial charge in [0.25, 0.3) is 0 Å². The molecule has 104 valence electrons. The molecule has 1 saturated heterocycles. The SMILES string of the molecule is CCOC(=O)[C@]1(N2CCCCC2)CCC[C@H](C)C1. The average Bonchev–Trinajstić information content (AvgIpc) is 2.40. The molecule has 1 aliphatic heterocycles. The number of esters is 1. The van der Waals surface area contributed by atoms with Gasteiger partial charge in [0.05, 0.1) is 6.61 Å². The minimum absolute atomic E-state index is 0.0402. The van der Waals surface area contributed by atoms with Gasteiger partial charge in [-0.05, 0) is 51.6 Å². The molecule has 0 bridgehead atoms. The highest BCUT2D eigenvalue weighted by molar-refractivity contribution is 5.81. The van der Waals surface area contributed by atoms with Crippen molar-refractivity contribution in [3.8, 4) is 0 Å². The van der Waals surface area contributed by atoms with Gasteiger partial charge in [-0.15, -0.1) is 0 Å². The zero-order chi connectivity index (χ0) is 13.0. The second-order valence-electron chi connectivity index (χ2n) is 6.00. The van der Waals surface area contributed by atoms with Gasteiger partial charge in [-0.2, -0.15) is 0 Å². The molecule has 3 nitrogen and oxygen atoms in total. The summed E-state index contributed by atoms with van der Waals surface area (Å²) in [5.74, 6) is 0.684.